The monoisotopic (exact) mass is 498 g/mol. The van der Waals surface area contributed by atoms with E-state index in [9.17, 15) is 4.79 Å². The van der Waals surface area contributed by atoms with E-state index in [1.165, 1.54) is 30.4 Å². The predicted octanol–water partition coefficient (Wildman–Crippen LogP) is 6.04. The number of rotatable bonds is 8. The Kier molecular flexibility index (Phi) is 7.51. The maximum Gasteiger partial charge on any atom is 0.252 e. The summed E-state index contributed by atoms with van der Waals surface area (Å²) in [6.07, 6.45) is 5.95. The van der Waals surface area contributed by atoms with Crippen LogP contribution < -0.4 is 5.56 Å². The first-order valence-electron chi connectivity index (χ1n) is 13.6. The molecule has 1 aliphatic rings. The second-order valence-corrected chi connectivity index (χ2v) is 11.1. The van der Waals surface area contributed by atoms with Gasteiger partial charge in [-0.15, -0.1) is 5.10 Å². The lowest BCUT2D eigenvalue weighted by Crippen LogP contribution is -2.36. The molecule has 2 aromatic carbocycles. The molecule has 1 atom stereocenters. The molecule has 0 amide bonds. The number of aromatic amines is 1. The van der Waals surface area contributed by atoms with Gasteiger partial charge in [-0.2, -0.15) is 0 Å². The molecule has 7 nitrogen and oxygen atoms in total. The van der Waals surface area contributed by atoms with Crippen LogP contribution in [0.2, 0.25) is 0 Å². The fraction of sp³-hybridized carbons (Fsp3) is 0.467. The fourth-order valence-corrected chi connectivity index (χ4v) is 5.74. The van der Waals surface area contributed by atoms with E-state index in [-0.39, 0.29) is 17.5 Å². The Morgan fingerprint density at radius 2 is 1.70 bits per heavy atom. The molecule has 2 heterocycles. The first-order valence-corrected chi connectivity index (χ1v) is 13.6. The standard InChI is InChI=1S/C30H38N6O/c1-20(2)28(29-32-33-34-36(29)26-8-6-5-7-9-26)35(18-23-13-10-21(3)11-14-23)19-25-17-24-15-12-22(4)16-27(24)31-30(25)37/h10-17,20,26,28H,5-9,18-19H2,1-4H3,(H,31,37)/t28-/m1/s1. The van der Waals surface area contributed by atoms with Gasteiger partial charge in [-0.25, -0.2) is 4.68 Å². The highest BCUT2D eigenvalue weighted by molar-refractivity contribution is 5.79. The summed E-state index contributed by atoms with van der Waals surface area (Å²) in [5, 5.41) is 14.3. The van der Waals surface area contributed by atoms with Crippen molar-refractivity contribution in [3.63, 3.8) is 0 Å². The van der Waals surface area contributed by atoms with Crippen LogP contribution in [0.25, 0.3) is 10.9 Å². The van der Waals surface area contributed by atoms with Crippen LogP contribution in [0.3, 0.4) is 0 Å². The molecule has 0 saturated heterocycles. The van der Waals surface area contributed by atoms with Crippen molar-refractivity contribution in [3.05, 3.63) is 87.0 Å². The van der Waals surface area contributed by atoms with Crippen LogP contribution in [-0.2, 0) is 13.1 Å². The lowest BCUT2D eigenvalue weighted by Gasteiger charge is -2.35. The first-order chi connectivity index (χ1) is 17.9. The molecule has 0 unspecified atom stereocenters. The number of fused-ring (bicyclic) bond motifs is 1. The Morgan fingerprint density at radius 1 is 0.973 bits per heavy atom. The molecule has 0 spiro atoms. The van der Waals surface area contributed by atoms with Crippen molar-refractivity contribution in [3.8, 4) is 0 Å². The summed E-state index contributed by atoms with van der Waals surface area (Å²) in [6, 6.07) is 17.2. The molecular formula is C30H38N6O. The number of aryl methyl sites for hydroxylation is 2. The van der Waals surface area contributed by atoms with Crippen LogP contribution in [0.4, 0.5) is 0 Å². The minimum Gasteiger partial charge on any atom is -0.322 e. The van der Waals surface area contributed by atoms with Crippen LogP contribution in [0.5, 0.6) is 0 Å². The van der Waals surface area contributed by atoms with Crippen LogP contribution in [0, 0.1) is 19.8 Å². The van der Waals surface area contributed by atoms with Crippen molar-refractivity contribution in [1.82, 2.24) is 30.1 Å². The summed E-state index contributed by atoms with van der Waals surface area (Å²) >= 11 is 0. The molecule has 5 rings (SSSR count). The van der Waals surface area contributed by atoms with E-state index >= 15 is 0 Å². The van der Waals surface area contributed by atoms with Gasteiger partial charge in [0.25, 0.3) is 5.56 Å². The van der Waals surface area contributed by atoms with Gasteiger partial charge >= 0.3 is 0 Å². The van der Waals surface area contributed by atoms with E-state index in [1.807, 2.05) is 19.1 Å². The molecule has 0 radical (unpaired) electrons. The summed E-state index contributed by atoms with van der Waals surface area (Å²) in [6.45, 7) is 9.80. The first kappa shape index (κ1) is 25.3. The molecule has 7 heteroatoms. The highest BCUT2D eigenvalue weighted by Gasteiger charge is 2.32. The number of nitrogens with zero attached hydrogens (tertiary/aromatic N) is 5. The normalized spacial score (nSPS) is 15.6. The average Bonchev–Trinajstić information content (AvgIpc) is 3.35. The number of hydrogen-bond donors (Lipinski definition) is 1. The van der Waals surface area contributed by atoms with Gasteiger partial charge in [0.15, 0.2) is 5.82 Å². The second kappa shape index (κ2) is 11.0. The smallest absolute Gasteiger partial charge is 0.252 e. The lowest BCUT2D eigenvalue weighted by molar-refractivity contribution is 0.121. The maximum atomic E-state index is 13.2. The summed E-state index contributed by atoms with van der Waals surface area (Å²) in [4.78, 5) is 18.7. The zero-order chi connectivity index (χ0) is 25.9. The summed E-state index contributed by atoms with van der Waals surface area (Å²) in [5.74, 6) is 1.16. The van der Waals surface area contributed by atoms with Gasteiger partial charge in [-0.3, -0.25) is 9.69 Å². The Hall–Kier alpha value is -3.32. The molecule has 1 saturated carbocycles. The van der Waals surface area contributed by atoms with E-state index in [0.29, 0.717) is 19.1 Å². The topological polar surface area (TPSA) is 79.7 Å². The fourth-order valence-electron chi connectivity index (χ4n) is 5.74. The number of nitrogens with one attached hydrogen (secondary N) is 1. The molecule has 1 aliphatic carbocycles. The molecule has 0 aliphatic heterocycles. The van der Waals surface area contributed by atoms with Crippen molar-refractivity contribution in [2.24, 2.45) is 5.92 Å². The minimum atomic E-state index is -0.0404. The van der Waals surface area contributed by atoms with Crippen LogP contribution in [0.1, 0.15) is 86.1 Å². The molecule has 1 fully saturated rings. The van der Waals surface area contributed by atoms with Gasteiger partial charge in [0, 0.05) is 24.2 Å². The van der Waals surface area contributed by atoms with Crippen molar-refractivity contribution in [2.45, 2.75) is 85.0 Å². The number of tetrazole rings is 1. The highest BCUT2D eigenvalue weighted by Crippen LogP contribution is 2.34. The van der Waals surface area contributed by atoms with E-state index in [2.05, 4.69) is 87.3 Å². The number of aromatic nitrogens is 5. The van der Waals surface area contributed by atoms with Crippen molar-refractivity contribution < 1.29 is 0 Å². The molecule has 2 aromatic heterocycles. The summed E-state index contributed by atoms with van der Waals surface area (Å²) in [7, 11) is 0. The second-order valence-electron chi connectivity index (χ2n) is 11.1. The third kappa shape index (κ3) is 5.67. The van der Waals surface area contributed by atoms with Gasteiger partial charge in [-0.05, 0) is 71.7 Å². The Morgan fingerprint density at radius 3 is 2.43 bits per heavy atom. The van der Waals surface area contributed by atoms with Crippen LogP contribution in [-0.4, -0.2) is 30.1 Å². The van der Waals surface area contributed by atoms with E-state index in [1.54, 1.807) is 0 Å². The molecule has 1 N–H and O–H groups in total. The Balaban J connectivity index is 1.55. The van der Waals surface area contributed by atoms with Gasteiger partial charge in [0.05, 0.1) is 12.1 Å². The van der Waals surface area contributed by atoms with Crippen molar-refractivity contribution >= 4 is 10.9 Å². The maximum absolute atomic E-state index is 13.2. The number of pyridine rings is 1. The number of H-pyrrole nitrogens is 1. The molecule has 4 aromatic rings. The Bertz CT molecular complexity index is 1400. The van der Waals surface area contributed by atoms with Gasteiger partial charge in [-0.1, -0.05) is 75.1 Å². The Labute approximate surface area is 218 Å². The number of hydrogen-bond acceptors (Lipinski definition) is 5. The molecular weight excluding hydrogens is 460 g/mol. The molecule has 0 bridgehead atoms. The largest absolute Gasteiger partial charge is 0.322 e. The van der Waals surface area contributed by atoms with Gasteiger partial charge < -0.3 is 4.98 Å². The van der Waals surface area contributed by atoms with Crippen LogP contribution >= 0.6 is 0 Å². The lowest BCUT2D eigenvalue weighted by atomic mass is 9.94. The summed E-state index contributed by atoms with van der Waals surface area (Å²) < 4.78 is 2.08. The minimum absolute atomic E-state index is 0.0358. The van der Waals surface area contributed by atoms with E-state index in [0.717, 1.165) is 40.7 Å². The SMILES string of the molecule is Cc1ccc(CN(Cc2cc3ccc(C)cc3[nH]c2=O)[C@@H](c2nnnn2C2CCCCC2)C(C)C)cc1. The molecule has 194 valence electrons. The quantitative estimate of drug-likeness (QED) is 0.321. The third-order valence-corrected chi connectivity index (χ3v) is 7.69. The van der Waals surface area contributed by atoms with Gasteiger partial charge in [0.2, 0.25) is 0 Å². The van der Waals surface area contributed by atoms with E-state index < -0.39 is 0 Å². The third-order valence-electron chi connectivity index (χ3n) is 7.69. The average molecular weight is 499 g/mol. The predicted molar refractivity (Wildman–Crippen MR) is 147 cm³/mol. The summed E-state index contributed by atoms with van der Waals surface area (Å²) in [5.41, 5.74) is 5.16. The van der Waals surface area contributed by atoms with Gasteiger partial charge in [0.1, 0.15) is 0 Å². The molecule has 37 heavy (non-hydrogen) atoms. The number of benzene rings is 2. The zero-order valence-corrected chi connectivity index (χ0v) is 22.4. The van der Waals surface area contributed by atoms with E-state index in [4.69, 9.17) is 0 Å². The highest BCUT2D eigenvalue weighted by atomic mass is 16.1. The van der Waals surface area contributed by atoms with Crippen molar-refractivity contribution in [1.29, 1.82) is 0 Å². The van der Waals surface area contributed by atoms with Crippen LogP contribution in [0.15, 0.2) is 53.3 Å². The zero-order valence-electron chi connectivity index (χ0n) is 22.4. The van der Waals surface area contributed by atoms with Crippen molar-refractivity contribution in [2.75, 3.05) is 0 Å².